The molecule has 0 saturated carbocycles. The van der Waals surface area contributed by atoms with Crippen molar-refractivity contribution in [3.63, 3.8) is 0 Å². The third-order valence-corrected chi connectivity index (χ3v) is 5.91. The molecule has 2 aromatic rings. The third-order valence-electron chi connectivity index (χ3n) is 3.35. The van der Waals surface area contributed by atoms with Crippen LogP contribution in [0.25, 0.3) is 0 Å². The van der Waals surface area contributed by atoms with Crippen LogP contribution in [-0.2, 0) is 0 Å². The fourth-order valence-electron chi connectivity index (χ4n) is 2.42. The second-order valence-electron chi connectivity index (χ2n) is 4.46. The largest absolute Gasteiger partial charge is 0.312 e. The summed E-state index contributed by atoms with van der Waals surface area (Å²) < 4.78 is 1.01. The first kappa shape index (κ1) is 15.0. The van der Waals surface area contributed by atoms with Gasteiger partial charge in [0.15, 0.2) is 0 Å². The van der Waals surface area contributed by atoms with Gasteiger partial charge in [0, 0.05) is 16.8 Å². The van der Waals surface area contributed by atoms with E-state index in [1.807, 2.05) is 7.05 Å². The molecule has 1 N–H and O–H groups in total. The van der Waals surface area contributed by atoms with Gasteiger partial charge in [-0.25, -0.2) is 0 Å². The van der Waals surface area contributed by atoms with Gasteiger partial charge in [0.2, 0.25) is 0 Å². The van der Waals surface area contributed by atoms with Crippen LogP contribution in [0.1, 0.15) is 35.7 Å². The van der Waals surface area contributed by atoms with E-state index in [0.717, 1.165) is 15.2 Å². The van der Waals surface area contributed by atoms with Crippen molar-refractivity contribution in [2.24, 2.45) is 0 Å². The van der Waals surface area contributed by atoms with Crippen LogP contribution in [0.5, 0.6) is 0 Å². The molecule has 0 aliphatic rings. The van der Waals surface area contributed by atoms with E-state index < -0.39 is 0 Å². The van der Waals surface area contributed by atoms with Gasteiger partial charge in [-0.2, -0.15) is 0 Å². The molecule has 1 nitrogen and oxygen atoms in total. The zero-order valence-corrected chi connectivity index (χ0v) is 14.1. The Morgan fingerprint density at radius 3 is 2.47 bits per heavy atom. The molecule has 102 valence electrons. The molecule has 0 amide bonds. The number of benzene rings is 1. The number of thiophene rings is 1. The normalized spacial score (nSPS) is 14.3. The molecule has 0 saturated heterocycles. The number of hydrogen-bond acceptors (Lipinski definition) is 2. The smallest absolute Gasteiger partial charge is 0.0888 e. The van der Waals surface area contributed by atoms with E-state index in [0.29, 0.717) is 12.0 Å². The van der Waals surface area contributed by atoms with E-state index in [4.69, 9.17) is 11.6 Å². The predicted molar refractivity (Wildman–Crippen MR) is 88.3 cm³/mol. The Labute approximate surface area is 132 Å². The molecule has 0 spiro atoms. The van der Waals surface area contributed by atoms with Crippen LogP contribution in [0.4, 0.5) is 0 Å². The highest BCUT2D eigenvalue weighted by atomic mass is 79.9. The van der Waals surface area contributed by atoms with Gasteiger partial charge in [-0.1, -0.05) is 48.9 Å². The second kappa shape index (κ2) is 6.89. The first-order valence-electron chi connectivity index (χ1n) is 6.34. The first-order chi connectivity index (χ1) is 9.17. The molecule has 4 heteroatoms. The van der Waals surface area contributed by atoms with Crippen molar-refractivity contribution in [3.05, 3.63) is 55.6 Å². The van der Waals surface area contributed by atoms with Crippen LogP contribution in [0.15, 0.2) is 40.2 Å². The minimum Gasteiger partial charge on any atom is -0.312 e. The fourth-order valence-corrected chi connectivity index (χ4v) is 4.34. The van der Waals surface area contributed by atoms with Crippen molar-refractivity contribution in [2.45, 2.75) is 25.3 Å². The van der Waals surface area contributed by atoms with E-state index >= 15 is 0 Å². The molecular formula is C15H17BrClNS. The maximum absolute atomic E-state index is 6.16. The van der Waals surface area contributed by atoms with Gasteiger partial charge in [0.25, 0.3) is 0 Å². The second-order valence-corrected chi connectivity index (χ2v) is 7.27. The van der Waals surface area contributed by atoms with E-state index in [-0.39, 0.29) is 0 Å². The molecule has 2 unspecified atom stereocenters. The average molecular weight is 359 g/mol. The van der Waals surface area contributed by atoms with E-state index in [9.17, 15) is 0 Å². The van der Waals surface area contributed by atoms with Gasteiger partial charge >= 0.3 is 0 Å². The molecule has 1 heterocycles. The lowest BCUT2D eigenvalue weighted by molar-refractivity contribution is 0.474. The van der Waals surface area contributed by atoms with Crippen molar-refractivity contribution in [1.82, 2.24) is 5.32 Å². The van der Waals surface area contributed by atoms with Gasteiger partial charge in [-0.15, -0.1) is 11.3 Å². The molecular weight excluding hydrogens is 342 g/mol. The Kier molecular flexibility index (Phi) is 5.46. The highest BCUT2D eigenvalue weighted by molar-refractivity contribution is 9.11. The molecule has 2 atom stereocenters. The lowest BCUT2D eigenvalue weighted by Gasteiger charge is -2.25. The van der Waals surface area contributed by atoms with Gasteiger partial charge in [0.1, 0.15) is 0 Å². The van der Waals surface area contributed by atoms with Gasteiger partial charge in [0.05, 0.1) is 8.81 Å². The summed E-state index contributed by atoms with van der Waals surface area (Å²) in [6, 6.07) is 13.0. The van der Waals surface area contributed by atoms with Crippen LogP contribution < -0.4 is 5.32 Å². The van der Waals surface area contributed by atoms with E-state index in [2.05, 4.69) is 64.6 Å². The van der Waals surface area contributed by atoms with Crippen molar-refractivity contribution in [3.8, 4) is 0 Å². The molecule has 1 aromatic carbocycles. The lowest BCUT2D eigenvalue weighted by atomic mass is 9.88. The zero-order valence-electron chi connectivity index (χ0n) is 11.0. The Morgan fingerprint density at radius 1 is 1.32 bits per heavy atom. The van der Waals surface area contributed by atoms with Gasteiger partial charge in [-0.3, -0.25) is 0 Å². The standard InChI is InChI=1S/C15H17BrClNS/c1-3-11(10-7-5-4-6-8-10)14(18-2)13-9-12(17)15(16)19-13/h4-9,11,14,18H,3H2,1-2H3. The van der Waals surface area contributed by atoms with Crippen molar-refractivity contribution < 1.29 is 0 Å². The van der Waals surface area contributed by atoms with Crippen LogP contribution >= 0.6 is 38.9 Å². The van der Waals surface area contributed by atoms with Crippen LogP contribution in [0.2, 0.25) is 5.02 Å². The maximum Gasteiger partial charge on any atom is 0.0888 e. The summed E-state index contributed by atoms with van der Waals surface area (Å²) in [6.45, 7) is 2.23. The van der Waals surface area contributed by atoms with E-state index in [1.54, 1.807) is 11.3 Å². The Hall–Kier alpha value is -0.350. The van der Waals surface area contributed by atoms with Crippen molar-refractivity contribution in [1.29, 1.82) is 0 Å². The summed E-state index contributed by atoms with van der Waals surface area (Å²) in [5, 5.41) is 4.23. The first-order valence-corrected chi connectivity index (χ1v) is 8.33. The Morgan fingerprint density at radius 2 is 2.00 bits per heavy atom. The summed E-state index contributed by atoms with van der Waals surface area (Å²) in [7, 11) is 2.01. The summed E-state index contributed by atoms with van der Waals surface area (Å²) in [5.41, 5.74) is 1.37. The van der Waals surface area contributed by atoms with Crippen molar-refractivity contribution in [2.75, 3.05) is 7.05 Å². The lowest BCUT2D eigenvalue weighted by Crippen LogP contribution is -2.22. The van der Waals surface area contributed by atoms with Gasteiger partial charge < -0.3 is 5.32 Å². The highest BCUT2D eigenvalue weighted by Crippen LogP contribution is 2.41. The average Bonchev–Trinajstić information content (AvgIpc) is 2.76. The monoisotopic (exact) mass is 357 g/mol. The zero-order chi connectivity index (χ0) is 13.8. The Balaban J connectivity index is 2.34. The van der Waals surface area contributed by atoms with Gasteiger partial charge in [-0.05, 0) is 41.0 Å². The molecule has 1 aromatic heterocycles. The molecule has 0 bridgehead atoms. The van der Waals surface area contributed by atoms with Crippen LogP contribution in [0, 0.1) is 0 Å². The topological polar surface area (TPSA) is 12.0 Å². The molecule has 2 rings (SSSR count). The minimum atomic E-state index is 0.293. The number of rotatable bonds is 5. The minimum absolute atomic E-state index is 0.293. The fraction of sp³-hybridized carbons (Fsp3) is 0.333. The maximum atomic E-state index is 6.16. The van der Waals surface area contributed by atoms with E-state index in [1.165, 1.54) is 10.4 Å². The summed E-state index contributed by atoms with van der Waals surface area (Å²) in [6.07, 6.45) is 1.09. The number of likely N-dealkylation sites (N-methyl/N-ethyl adjacent to an activating group) is 1. The summed E-state index contributed by atoms with van der Waals surface area (Å²) in [4.78, 5) is 1.27. The molecule has 0 aliphatic carbocycles. The number of nitrogens with one attached hydrogen (secondary N) is 1. The third kappa shape index (κ3) is 3.40. The molecule has 0 aliphatic heterocycles. The molecule has 0 fully saturated rings. The number of hydrogen-bond donors (Lipinski definition) is 1. The Bertz CT molecular complexity index is 507. The molecule has 19 heavy (non-hydrogen) atoms. The van der Waals surface area contributed by atoms with Crippen LogP contribution in [-0.4, -0.2) is 7.05 Å². The number of halogens is 2. The van der Waals surface area contributed by atoms with Crippen LogP contribution in [0.3, 0.4) is 0 Å². The SMILES string of the molecule is CCC(c1ccccc1)C(NC)c1cc(Cl)c(Br)s1. The highest BCUT2D eigenvalue weighted by Gasteiger charge is 2.24. The van der Waals surface area contributed by atoms with Crippen molar-refractivity contribution >= 4 is 38.9 Å². The summed E-state index contributed by atoms with van der Waals surface area (Å²) in [5.74, 6) is 0.452. The quantitative estimate of drug-likeness (QED) is 0.731. The molecule has 0 radical (unpaired) electrons. The summed E-state index contributed by atoms with van der Waals surface area (Å²) >= 11 is 11.4. The predicted octanol–water partition coefficient (Wildman–Crippen LogP) is 5.62.